The van der Waals surface area contributed by atoms with Crippen molar-refractivity contribution < 1.29 is 9.84 Å². The number of ether oxygens (including phenoxy) is 1. The van der Waals surface area contributed by atoms with Crippen LogP contribution in [-0.4, -0.2) is 25.9 Å². The van der Waals surface area contributed by atoms with Crippen LogP contribution in [0.25, 0.3) is 0 Å². The van der Waals surface area contributed by atoms with Gasteiger partial charge in [0.1, 0.15) is 5.76 Å². The highest BCUT2D eigenvalue weighted by atomic mass is 16.5. The molecule has 0 fully saturated rings. The van der Waals surface area contributed by atoms with E-state index < -0.39 is 0 Å². The molecule has 0 saturated carbocycles. The van der Waals surface area contributed by atoms with Gasteiger partial charge in [-0.05, 0) is 49.5 Å². The average molecular weight is 308 g/mol. The molecule has 0 aliphatic rings. The van der Waals surface area contributed by atoms with Crippen LogP contribution in [0, 0.1) is 0 Å². The zero-order valence-corrected chi connectivity index (χ0v) is 14.9. The van der Waals surface area contributed by atoms with Gasteiger partial charge in [0.2, 0.25) is 0 Å². The van der Waals surface area contributed by atoms with Crippen molar-refractivity contribution in [1.82, 2.24) is 10.9 Å². The Hall–Kier alpha value is -1.52. The maximum absolute atomic E-state index is 9.58. The van der Waals surface area contributed by atoms with Gasteiger partial charge in [0, 0.05) is 7.05 Å². The lowest BCUT2D eigenvalue weighted by atomic mass is 10.0. The van der Waals surface area contributed by atoms with E-state index in [1.165, 1.54) is 0 Å². The summed E-state index contributed by atoms with van der Waals surface area (Å²) in [7, 11) is 3.50. The van der Waals surface area contributed by atoms with Crippen LogP contribution in [0.1, 0.15) is 47.0 Å². The summed E-state index contributed by atoms with van der Waals surface area (Å²) in [6, 6.07) is 0. The van der Waals surface area contributed by atoms with E-state index in [-0.39, 0.29) is 6.61 Å². The Balaban J connectivity index is 5.54. The first kappa shape index (κ1) is 20.5. The Morgan fingerprint density at radius 3 is 2.27 bits per heavy atom. The van der Waals surface area contributed by atoms with Crippen molar-refractivity contribution >= 4 is 0 Å². The summed E-state index contributed by atoms with van der Waals surface area (Å²) in [6.45, 7) is 8.33. The molecule has 0 aliphatic carbocycles. The number of hydrogen-bond donors (Lipinski definition) is 3. The van der Waals surface area contributed by atoms with Crippen LogP contribution >= 0.6 is 0 Å². The van der Waals surface area contributed by atoms with E-state index in [0.29, 0.717) is 0 Å². The van der Waals surface area contributed by atoms with Crippen LogP contribution in [0.2, 0.25) is 0 Å². The lowest BCUT2D eigenvalue weighted by molar-refractivity contribution is 0.300. The van der Waals surface area contributed by atoms with Crippen LogP contribution in [0.15, 0.2) is 46.4 Å². The normalized spacial score (nSPS) is 14.8. The Kier molecular flexibility index (Phi) is 11.2. The Morgan fingerprint density at radius 1 is 1.14 bits per heavy atom. The van der Waals surface area contributed by atoms with Crippen molar-refractivity contribution in [2.45, 2.75) is 47.0 Å². The van der Waals surface area contributed by atoms with Crippen LogP contribution < -0.4 is 10.9 Å². The maximum Gasteiger partial charge on any atom is 0.121 e. The largest absolute Gasteiger partial charge is 0.497 e. The van der Waals surface area contributed by atoms with Crippen LogP contribution in [-0.2, 0) is 4.74 Å². The lowest BCUT2D eigenvalue weighted by Crippen LogP contribution is -2.29. The summed E-state index contributed by atoms with van der Waals surface area (Å²) < 4.78 is 5.44. The first-order valence-corrected chi connectivity index (χ1v) is 7.91. The molecule has 0 aromatic carbocycles. The van der Waals surface area contributed by atoms with Crippen molar-refractivity contribution in [1.29, 1.82) is 0 Å². The molecule has 4 heteroatoms. The Labute approximate surface area is 135 Å². The van der Waals surface area contributed by atoms with Gasteiger partial charge in [-0.3, -0.25) is 0 Å². The molecule has 0 unspecified atom stereocenters. The predicted molar refractivity (Wildman–Crippen MR) is 94.1 cm³/mol. The number of rotatable bonds is 10. The minimum Gasteiger partial charge on any atom is -0.497 e. The van der Waals surface area contributed by atoms with Crippen LogP contribution in [0.5, 0.6) is 0 Å². The van der Waals surface area contributed by atoms with Gasteiger partial charge < -0.3 is 15.3 Å². The number of hydrazine groups is 1. The highest BCUT2D eigenvalue weighted by Gasteiger charge is 2.07. The van der Waals surface area contributed by atoms with Crippen LogP contribution in [0.3, 0.4) is 0 Å². The molecule has 22 heavy (non-hydrogen) atoms. The van der Waals surface area contributed by atoms with Gasteiger partial charge in [0.15, 0.2) is 0 Å². The summed E-state index contributed by atoms with van der Waals surface area (Å²) in [4.78, 5) is 0. The number of methoxy groups -OCH3 is 1. The molecule has 0 saturated heterocycles. The van der Waals surface area contributed by atoms with Gasteiger partial charge in [0.05, 0.1) is 19.4 Å². The number of hydrogen-bond acceptors (Lipinski definition) is 4. The van der Waals surface area contributed by atoms with Crippen molar-refractivity contribution in [2.75, 3.05) is 20.8 Å². The standard InChI is InChI=1S/C18H32N2O2/c1-7-9-14(3)17(22-6)12-11-15(4)18(20-19-5)16(13-21)10-8-2/h9,11-12,19-21H,7-8,10,13H2,1-6H3/b14-9+,15-11+,17-12+,18-16+. The van der Waals surface area contributed by atoms with Crippen molar-refractivity contribution in [3.05, 3.63) is 46.4 Å². The zero-order chi connectivity index (χ0) is 17.0. The molecule has 126 valence electrons. The monoisotopic (exact) mass is 308 g/mol. The molecule has 0 aromatic rings. The molecule has 0 atom stereocenters. The Morgan fingerprint density at radius 2 is 1.82 bits per heavy atom. The van der Waals surface area contributed by atoms with Gasteiger partial charge in [-0.15, -0.1) is 0 Å². The van der Waals surface area contributed by atoms with E-state index in [1.54, 1.807) is 7.11 Å². The molecule has 0 bridgehead atoms. The van der Waals surface area contributed by atoms with Gasteiger partial charge in [-0.25, -0.2) is 5.43 Å². The fourth-order valence-electron chi connectivity index (χ4n) is 2.23. The molecule has 4 nitrogen and oxygen atoms in total. The SMILES string of the molecule is CC/C=C(C)/C(=C\C=C(C)\C(NNC)=C(/CO)CCC)OC. The van der Waals surface area contributed by atoms with E-state index in [4.69, 9.17) is 4.74 Å². The second kappa shape index (κ2) is 12.1. The Bertz CT molecular complexity index is 446. The summed E-state index contributed by atoms with van der Waals surface area (Å²) in [5, 5.41) is 9.58. The predicted octanol–water partition coefficient (Wildman–Crippen LogP) is 3.59. The summed E-state index contributed by atoms with van der Waals surface area (Å²) in [6.07, 6.45) is 8.95. The molecule has 0 spiro atoms. The molecule has 0 aliphatic heterocycles. The first-order valence-electron chi connectivity index (χ1n) is 7.91. The summed E-state index contributed by atoms with van der Waals surface area (Å²) in [5.74, 6) is 0.853. The van der Waals surface area contributed by atoms with Gasteiger partial charge in [-0.2, -0.15) is 0 Å². The number of aliphatic hydroxyl groups excluding tert-OH is 1. The third-order valence-electron chi connectivity index (χ3n) is 3.34. The van der Waals surface area contributed by atoms with Crippen molar-refractivity contribution in [3.63, 3.8) is 0 Å². The summed E-state index contributed by atoms with van der Waals surface area (Å²) >= 11 is 0. The molecule has 0 amide bonds. The second-order valence-corrected chi connectivity index (χ2v) is 5.14. The van der Waals surface area contributed by atoms with Crippen molar-refractivity contribution in [2.24, 2.45) is 0 Å². The molecule has 0 aromatic heterocycles. The molecular weight excluding hydrogens is 276 g/mol. The lowest BCUT2D eigenvalue weighted by Gasteiger charge is -2.16. The molecule has 3 N–H and O–H groups in total. The molecule has 0 radical (unpaired) electrons. The highest BCUT2D eigenvalue weighted by Crippen LogP contribution is 2.17. The zero-order valence-electron chi connectivity index (χ0n) is 14.9. The van der Waals surface area contributed by atoms with E-state index >= 15 is 0 Å². The smallest absolute Gasteiger partial charge is 0.121 e. The molecule has 0 rings (SSSR count). The quantitative estimate of drug-likeness (QED) is 0.328. The van der Waals surface area contributed by atoms with E-state index in [2.05, 4.69) is 30.8 Å². The molecular formula is C18H32N2O2. The fourth-order valence-corrected chi connectivity index (χ4v) is 2.23. The van der Waals surface area contributed by atoms with Crippen LogP contribution in [0.4, 0.5) is 0 Å². The second-order valence-electron chi connectivity index (χ2n) is 5.14. The minimum absolute atomic E-state index is 0.0542. The molecule has 0 heterocycles. The topological polar surface area (TPSA) is 53.5 Å². The van der Waals surface area contributed by atoms with Gasteiger partial charge in [0.25, 0.3) is 0 Å². The van der Waals surface area contributed by atoms with Crippen molar-refractivity contribution in [3.8, 4) is 0 Å². The maximum atomic E-state index is 9.58. The minimum atomic E-state index is 0.0542. The fraction of sp³-hybridized carbons (Fsp3) is 0.556. The average Bonchev–Trinajstić information content (AvgIpc) is 2.51. The highest BCUT2D eigenvalue weighted by molar-refractivity contribution is 5.37. The summed E-state index contributed by atoms with van der Waals surface area (Å²) in [5.41, 5.74) is 10.2. The number of aliphatic hydroxyl groups is 1. The third kappa shape index (κ3) is 6.96. The van der Waals surface area contributed by atoms with Gasteiger partial charge in [-0.1, -0.05) is 32.4 Å². The van der Waals surface area contributed by atoms with Gasteiger partial charge >= 0.3 is 0 Å². The number of allylic oxidation sites excluding steroid dienone is 5. The third-order valence-corrected chi connectivity index (χ3v) is 3.34. The first-order chi connectivity index (χ1) is 10.5. The number of nitrogens with one attached hydrogen (secondary N) is 2. The van der Waals surface area contributed by atoms with E-state index in [1.807, 2.05) is 33.0 Å². The van der Waals surface area contributed by atoms with E-state index in [0.717, 1.165) is 47.4 Å². The van der Waals surface area contributed by atoms with E-state index in [9.17, 15) is 5.11 Å².